The summed E-state index contributed by atoms with van der Waals surface area (Å²) in [5, 5.41) is 5.42. The summed E-state index contributed by atoms with van der Waals surface area (Å²) in [5.41, 5.74) is 1.90. The van der Waals surface area contributed by atoms with E-state index in [4.69, 9.17) is 0 Å². The van der Waals surface area contributed by atoms with Crippen LogP contribution in [0.4, 0.5) is 5.69 Å². The van der Waals surface area contributed by atoms with E-state index in [1.165, 1.54) is 24.1 Å². The van der Waals surface area contributed by atoms with E-state index < -0.39 is 0 Å². The Hall–Kier alpha value is -1.61. The minimum atomic E-state index is -0.183. The minimum Gasteiger partial charge on any atom is -0.325 e. The van der Waals surface area contributed by atoms with Gasteiger partial charge < -0.3 is 5.32 Å². The van der Waals surface area contributed by atoms with Crippen LogP contribution in [0.3, 0.4) is 0 Å². The Morgan fingerprint density at radius 1 is 1.08 bits per heavy atom. The lowest BCUT2D eigenvalue weighted by molar-refractivity contribution is -0.128. The molecule has 26 heavy (non-hydrogen) atoms. The highest BCUT2D eigenvalue weighted by molar-refractivity contribution is 7.13. The van der Waals surface area contributed by atoms with Crippen molar-refractivity contribution in [2.24, 2.45) is 11.3 Å². The van der Waals surface area contributed by atoms with Crippen LogP contribution in [0.25, 0.3) is 10.4 Å². The van der Waals surface area contributed by atoms with E-state index >= 15 is 0 Å². The smallest absolute Gasteiger partial charge is 0.230 e. The molecule has 1 fully saturated rings. The van der Waals surface area contributed by atoms with Gasteiger partial charge in [0, 0.05) is 21.5 Å². The van der Waals surface area contributed by atoms with E-state index in [9.17, 15) is 4.79 Å². The van der Waals surface area contributed by atoms with Gasteiger partial charge >= 0.3 is 0 Å². The average molecular weight is 370 g/mol. The molecule has 1 N–H and O–H groups in total. The number of thiophene rings is 1. The molecule has 1 aromatic carbocycles. The van der Waals surface area contributed by atoms with Crippen LogP contribution in [-0.2, 0) is 4.79 Å². The molecule has 0 atom stereocenters. The first-order valence-corrected chi connectivity index (χ1v) is 11.0. The summed E-state index contributed by atoms with van der Waals surface area (Å²) in [4.78, 5) is 14.7. The zero-order valence-corrected chi connectivity index (χ0v) is 16.9. The molecule has 0 bridgehead atoms. The fourth-order valence-electron chi connectivity index (χ4n) is 4.38. The third kappa shape index (κ3) is 4.20. The van der Waals surface area contributed by atoms with E-state index in [-0.39, 0.29) is 11.3 Å². The molecule has 2 aromatic rings. The molecule has 1 saturated carbocycles. The van der Waals surface area contributed by atoms with Gasteiger partial charge in [0.1, 0.15) is 0 Å². The fourth-order valence-corrected chi connectivity index (χ4v) is 5.14. The molecule has 0 saturated heterocycles. The average Bonchev–Trinajstić information content (AvgIpc) is 3.22. The summed E-state index contributed by atoms with van der Waals surface area (Å²) in [5.74, 6) is 0.888. The van der Waals surface area contributed by atoms with Gasteiger partial charge in [-0.25, -0.2) is 0 Å². The third-order valence-electron chi connectivity index (χ3n) is 6.09. The molecule has 1 aliphatic rings. The van der Waals surface area contributed by atoms with E-state index in [1.807, 2.05) is 18.2 Å². The highest BCUT2D eigenvalue weighted by Gasteiger charge is 2.40. The number of carbonyl (C=O) groups excluding carboxylic acids is 1. The van der Waals surface area contributed by atoms with Crippen molar-refractivity contribution < 1.29 is 4.79 Å². The van der Waals surface area contributed by atoms with Gasteiger partial charge in [0.05, 0.1) is 0 Å². The third-order valence-corrected chi connectivity index (χ3v) is 6.99. The number of hydrogen-bond acceptors (Lipinski definition) is 2. The molecule has 0 radical (unpaired) electrons. The van der Waals surface area contributed by atoms with Crippen LogP contribution in [0.2, 0.25) is 0 Å². The molecule has 2 nitrogen and oxygen atoms in total. The number of nitrogens with one attached hydrogen (secondary N) is 1. The first-order valence-electron chi connectivity index (χ1n) is 10.1. The van der Waals surface area contributed by atoms with Crippen LogP contribution in [0.5, 0.6) is 0 Å². The SMILES string of the molecule is CCC(CC)CC1(C(=O)Nc2ccccc2-c2cccs2)CCCCC1. The van der Waals surface area contributed by atoms with Crippen LogP contribution in [0.1, 0.15) is 65.2 Å². The van der Waals surface area contributed by atoms with Gasteiger partial charge in [0.25, 0.3) is 0 Å². The maximum atomic E-state index is 13.5. The Bertz CT molecular complexity index is 697. The van der Waals surface area contributed by atoms with Gasteiger partial charge in [-0.15, -0.1) is 11.3 Å². The van der Waals surface area contributed by atoms with Crippen molar-refractivity contribution in [2.75, 3.05) is 5.32 Å². The highest BCUT2D eigenvalue weighted by Crippen LogP contribution is 2.44. The second-order valence-corrected chi connectivity index (χ2v) is 8.65. The van der Waals surface area contributed by atoms with Crippen molar-refractivity contribution in [3.05, 3.63) is 41.8 Å². The van der Waals surface area contributed by atoms with Crippen molar-refractivity contribution in [3.8, 4) is 10.4 Å². The lowest BCUT2D eigenvalue weighted by Gasteiger charge is -2.38. The second-order valence-electron chi connectivity index (χ2n) is 7.70. The number of carbonyl (C=O) groups is 1. The van der Waals surface area contributed by atoms with Gasteiger partial charge in [-0.3, -0.25) is 4.79 Å². The molecule has 1 heterocycles. The van der Waals surface area contributed by atoms with Crippen LogP contribution >= 0.6 is 11.3 Å². The van der Waals surface area contributed by atoms with Crippen molar-refractivity contribution in [1.82, 2.24) is 0 Å². The van der Waals surface area contributed by atoms with Crippen molar-refractivity contribution in [1.29, 1.82) is 0 Å². The summed E-state index contributed by atoms with van der Waals surface area (Å²) in [7, 11) is 0. The predicted molar refractivity (Wildman–Crippen MR) is 113 cm³/mol. The van der Waals surface area contributed by atoms with Crippen LogP contribution in [-0.4, -0.2) is 5.91 Å². The maximum Gasteiger partial charge on any atom is 0.230 e. The van der Waals surface area contributed by atoms with Crippen molar-refractivity contribution in [3.63, 3.8) is 0 Å². The highest BCUT2D eigenvalue weighted by atomic mass is 32.1. The number of benzene rings is 1. The first-order chi connectivity index (χ1) is 12.7. The van der Waals surface area contributed by atoms with E-state index in [1.54, 1.807) is 11.3 Å². The van der Waals surface area contributed by atoms with Crippen LogP contribution in [0.15, 0.2) is 41.8 Å². The number of rotatable bonds is 7. The Morgan fingerprint density at radius 3 is 2.46 bits per heavy atom. The minimum absolute atomic E-state index is 0.183. The topological polar surface area (TPSA) is 29.1 Å². The Kier molecular flexibility index (Phi) is 6.53. The quantitative estimate of drug-likeness (QED) is 0.552. The Labute approximate surface area is 162 Å². The maximum absolute atomic E-state index is 13.5. The first kappa shape index (κ1) is 19.2. The molecular weight excluding hydrogens is 338 g/mol. The summed E-state index contributed by atoms with van der Waals surface area (Å²) in [6, 6.07) is 12.4. The summed E-state index contributed by atoms with van der Waals surface area (Å²) >= 11 is 1.72. The lowest BCUT2D eigenvalue weighted by atomic mass is 9.67. The summed E-state index contributed by atoms with van der Waals surface area (Å²) in [6.07, 6.45) is 9.07. The number of para-hydroxylation sites is 1. The van der Waals surface area contributed by atoms with Gasteiger partial charge in [-0.1, -0.05) is 70.2 Å². The van der Waals surface area contributed by atoms with Gasteiger partial charge in [0.2, 0.25) is 5.91 Å². The Balaban J connectivity index is 1.85. The summed E-state index contributed by atoms with van der Waals surface area (Å²) in [6.45, 7) is 4.52. The summed E-state index contributed by atoms with van der Waals surface area (Å²) < 4.78 is 0. The second kappa shape index (κ2) is 8.85. The number of anilines is 1. The molecule has 3 rings (SSSR count). The molecular formula is C23H31NOS. The molecule has 3 heteroatoms. The largest absolute Gasteiger partial charge is 0.325 e. The zero-order valence-electron chi connectivity index (χ0n) is 16.1. The molecule has 1 aliphatic carbocycles. The van der Waals surface area contributed by atoms with Gasteiger partial charge in [-0.05, 0) is 42.7 Å². The van der Waals surface area contributed by atoms with Crippen molar-refractivity contribution >= 4 is 22.9 Å². The lowest BCUT2D eigenvalue weighted by Crippen LogP contribution is -2.39. The van der Waals surface area contributed by atoms with E-state index in [0.29, 0.717) is 5.92 Å². The molecule has 140 valence electrons. The normalized spacial score (nSPS) is 16.6. The molecule has 1 aromatic heterocycles. The number of hydrogen-bond donors (Lipinski definition) is 1. The predicted octanol–water partition coefficient (Wildman–Crippen LogP) is 7.13. The fraction of sp³-hybridized carbons (Fsp3) is 0.522. The van der Waals surface area contributed by atoms with Gasteiger partial charge in [-0.2, -0.15) is 0 Å². The molecule has 0 aliphatic heterocycles. The Morgan fingerprint density at radius 2 is 1.81 bits per heavy atom. The van der Waals surface area contributed by atoms with Gasteiger partial charge in [0.15, 0.2) is 0 Å². The zero-order chi connectivity index (χ0) is 18.4. The monoisotopic (exact) mass is 369 g/mol. The standard InChI is InChI=1S/C23H31NOS/c1-3-18(4-2)17-23(14-8-5-9-15-23)22(25)24-20-12-7-6-11-19(20)21-13-10-16-26-21/h6-7,10-13,16,18H,3-5,8-9,14-15,17H2,1-2H3,(H,24,25). The van der Waals surface area contributed by atoms with Crippen LogP contribution < -0.4 is 5.32 Å². The molecule has 0 unspecified atom stereocenters. The molecule has 1 amide bonds. The van der Waals surface area contributed by atoms with Crippen LogP contribution in [0, 0.1) is 11.3 Å². The molecule has 0 spiro atoms. The van der Waals surface area contributed by atoms with E-state index in [0.717, 1.165) is 43.4 Å². The van der Waals surface area contributed by atoms with Crippen molar-refractivity contribution in [2.45, 2.75) is 65.2 Å². The number of amides is 1. The van der Waals surface area contributed by atoms with E-state index in [2.05, 4.69) is 42.7 Å².